The molecule has 8 heteroatoms. The van der Waals surface area contributed by atoms with Crippen molar-refractivity contribution in [3.8, 4) is 17.1 Å². The maximum atomic E-state index is 6.48. The first-order chi connectivity index (χ1) is 14.2. The van der Waals surface area contributed by atoms with Crippen molar-refractivity contribution in [2.75, 3.05) is 43.1 Å². The highest BCUT2D eigenvalue weighted by atomic mass is 35.5. The van der Waals surface area contributed by atoms with E-state index in [4.69, 9.17) is 25.6 Å². The number of rotatable bonds is 7. The van der Waals surface area contributed by atoms with E-state index < -0.39 is 0 Å². The summed E-state index contributed by atoms with van der Waals surface area (Å²) >= 11 is 6.48. The van der Waals surface area contributed by atoms with Crippen LogP contribution in [-0.4, -0.2) is 43.1 Å². The molecule has 0 amide bonds. The Balaban J connectivity index is 1.46. The summed E-state index contributed by atoms with van der Waals surface area (Å²) in [5.74, 6) is 1.87. The van der Waals surface area contributed by atoms with Gasteiger partial charge in [0, 0.05) is 18.7 Å². The molecule has 0 atom stereocenters. The summed E-state index contributed by atoms with van der Waals surface area (Å²) < 4.78 is 16.3. The minimum absolute atomic E-state index is 0.404. The molecule has 1 aliphatic heterocycles. The third kappa shape index (κ3) is 4.63. The molecule has 2 aromatic carbocycles. The molecular weight excluding hydrogens is 392 g/mol. The number of aromatic nitrogens is 2. The molecule has 0 unspecified atom stereocenters. The highest BCUT2D eigenvalue weighted by Crippen LogP contribution is 2.34. The van der Waals surface area contributed by atoms with Gasteiger partial charge in [0.2, 0.25) is 11.7 Å². The highest BCUT2D eigenvalue weighted by Gasteiger charge is 2.18. The van der Waals surface area contributed by atoms with Gasteiger partial charge in [0.25, 0.3) is 0 Å². The number of nitrogens with zero attached hydrogens (tertiary/aromatic N) is 3. The zero-order chi connectivity index (χ0) is 20.1. The third-order valence-corrected chi connectivity index (χ3v) is 4.94. The first kappa shape index (κ1) is 19.5. The van der Waals surface area contributed by atoms with E-state index in [1.165, 1.54) is 0 Å². The van der Waals surface area contributed by atoms with Gasteiger partial charge in [-0.3, -0.25) is 0 Å². The first-order valence-electron chi connectivity index (χ1n) is 9.65. The molecule has 4 rings (SSSR count). The van der Waals surface area contributed by atoms with E-state index in [1.807, 2.05) is 49.4 Å². The molecule has 0 saturated carbocycles. The third-order valence-electron chi connectivity index (χ3n) is 4.64. The number of ether oxygens (including phenoxy) is 2. The molecule has 29 heavy (non-hydrogen) atoms. The van der Waals surface area contributed by atoms with Crippen LogP contribution in [0.2, 0.25) is 5.02 Å². The van der Waals surface area contributed by atoms with E-state index in [0.717, 1.165) is 35.8 Å². The Hall–Kier alpha value is -2.77. The van der Waals surface area contributed by atoms with Crippen LogP contribution in [0.3, 0.4) is 0 Å². The number of nitrogens with one attached hydrogen (secondary N) is 1. The predicted octanol–water partition coefficient (Wildman–Crippen LogP) is 4.24. The minimum Gasteiger partial charge on any atom is -0.494 e. The largest absolute Gasteiger partial charge is 0.494 e. The van der Waals surface area contributed by atoms with Crippen molar-refractivity contribution >= 4 is 23.0 Å². The van der Waals surface area contributed by atoms with Crippen LogP contribution in [0.5, 0.6) is 5.75 Å². The summed E-state index contributed by atoms with van der Waals surface area (Å²) in [4.78, 5) is 6.72. The fraction of sp³-hybridized carbons (Fsp3) is 0.333. The monoisotopic (exact) mass is 414 g/mol. The van der Waals surface area contributed by atoms with E-state index in [9.17, 15) is 0 Å². The van der Waals surface area contributed by atoms with Crippen LogP contribution in [0, 0.1) is 0 Å². The van der Waals surface area contributed by atoms with Crippen molar-refractivity contribution in [1.82, 2.24) is 10.1 Å². The second-order valence-electron chi connectivity index (χ2n) is 6.56. The average molecular weight is 415 g/mol. The van der Waals surface area contributed by atoms with Crippen LogP contribution in [0.4, 0.5) is 11.4 Å². The number of hydrogen-bond donors (Lipinski definition) is 1. The number of hydrogen-bond acceptors (Lipinski definition) is 7. The average Bonchev–Trinajstić information content (AvgIpc) is 3.23. The van der Waals surface area contributed by atoms with Crippen LogP contribution < -0.4 is 15.0 Å². The molecule has 0 aliphatic carbocycles. The van der Waals surface area contributed by atoms with E-state index in [-0.39, 0.29) is 0 Å². The molecule has 2 heterocycles. The van der Waals surface area contributed by atoms with Crippen LogP contribution in [0.1, 0.15) is 12.8 Å². The summed E-state index contributed by atoms with van der Waals surface area (Å²) in [6.07, 6.45) is 0. The van der Waals surface area contributed by atoms with Gasteiger partial charge in [-0.2, -0.15) is 4.98 Å². The first-order valence-corrected chi connectivity index (χ1v) is 10.0. The highest BCUT2D eigenvalue weighted by molar-refractivity contribution is 6.34. The lowest BCUT2D eigenvalue weighted by molar-refractivity contribution is 0.123. The second-order valence-corrected chi connectivity index (χ2v) is 6.97. The van der Waals surface area contributed by atoms with Gasteiger partial charge >= 0.3 is 0 Å². The molecule has 0 radical (unpaired) electrons. The Kier molecular flexibility index (Phi) is 6.17. The van der Waals surface area contributed by atoms with Crippen LogP contribution >= 0.6 is 11.6 Å². The molecule has 0 spiro atoms. The van der Waals surface area contributed by atoms with Gasteiger partial charge in [-0.25, -0.2) is 0 Å². The molecule has 7 nitrogen and oxygen atoms in total. The van der Waals surface area contributed by atoms with Crippen molar-refractivity contribution < 1.29 is 14.0 Å². The molecular formula is C21H23ClN4O3. The summed E-state index contributed by atoms with van der Waals surface area (Å²) in [5.41, 5.74) is 2.78. The minimum atomic E-state index is 0.404. The molecule has 1 aliphatic rings. The number of para-hydroxylation sites is 1. The fourth-order valence-corrected chi connectivity index (χ4v) is 3.54. The molecule has 1 N–H and O–H groups in total. The molecule has 1 aromatic heterocycles. The van der Waals surface area contributed by atoms with E-state index >= 15 is 0 Å². The fourth-order valence-electron chi connectivity index (χ4n) is 3.25. The van der Waals surface area contributed by atoms with Crippen LogP contribution in [0.15, 0.2) is 47.0 Å². The van der Waals surface area contributed by atoms with Crippen molar-refractivity contribution in [2.24, 2.45) is 0 Å². The zero-order valence-electron chi connectivity index (χ0n) is 16.2. The predicted molar refractivity (Wildman–Crippen MR) is 113 cm³/mol. The molecule has 1 fully saturated rings. The lowest BCUT2D eigenvalue weighted by atomic mass is 10.2. The van der Waals surface area contributed by atoms with E-state index in [2.05, 4.69) is 20.4 Å². The Morgan fingerprint density at radius 3 is 2.69 bits per heavy atom. The molecule has 152 valence electrons. The number of benzene rings is 2. The van der Waals surface area contributed by atoms with Gasteiger partial charge < -0.3 is 24.2 Å². The second kappa shape index (κ2) is 9.15. The summed E-state index contributed by atoms with van der Waals surface area (Å²) in [7, 11) is 0. The number of anilines is 2. The van der Waals surface area contributed by atoms with Crippen molar-refractivity contribution in [2.45, 2.75) is 13.5 Å². The zero-order valence-corrected chi connectivity index (χ0v) is 17.0. The normalized spacial score (nSPS) is 14.1. The SMILES string of the molecule is CCOc1ccc(-c2noc(CNc3cccc(Cl)c3N3CCOCC3)n2)cc1. The van der Waals surface area contributed by atoms with Gasteiger partial charge in [-0.1, -0.05) is 22.8 Å². The van der Waals surface area contributed by atoms with Crippen molar-refractivity contribution in [1.29, 1.82) is 0 Å². The van der Waals surface area contributed by atoms with Crippen molar-refractivity contribution in [3.05, 3.63) is 53.4 Å². The summed E-state index contributed by atoms with van der Waals surface area (Å²) in [5, 5.41) is 8.17. The van der Waals surface area contributed by atoms with Gasteiger partial charge in [0.1, 0.15) is 5.75 Å². The number of morpholine rings is 1. The standard InChI is InChI=1S/C21H23ClN4O3/c1-2-28-16-8-6-15(7-9-16)21-24-19(29-25-21)14-23-18-5-3-4-17(22)20(18)26-10-12-27-13-11-26/h3-9,23H,2,10-14H2,1H3. The quantitative estimate of drug-likeness (QED) is 0.619. The lowest BCUT2D eigenvalue weighted by Gasteiger charge is -2.31. The number of halogens is 1. The maximum Gasteiger partial charge on any atom is 0.246 e. The van der Waals surface area contributed by atoms with Crippen molar-refractivity contribution in [3.63, 3.8) is 0 Å². The summed E-state index contributed by atoms with van der Waals surface area (Å²) in [6, 6.07) is 13.4. The maximum absolute atomic E-state index is 6.48. The molecule has 0 bridgehead atoms. The summed E-state index contributed by atoms with van der Waals surface area (Å²) in [6.45, 7) is 5.99. The molecule has 1 saturated heterocycles. The topological polar surface area (TPSA) is 72.7 Å². The smallest absolute Gasteiger partial charge is 0.246 e. The van der Waals surface area contributed by atoms with E-state index in [1.54, 1.807) is 0 Å². The van der Waals surface area contributed by atoms with Gasteiger partial charge in [0.15, 0.2) is 0 Å². The Morgan fingerprint density at radius 1 is 1.14 bits per heavy atom. The lowest BCUT2D eigenvalue weighted by Crippen LogP contribution is -2.36. The van der Waals surface area contributed by atoms with Crippen LogP contribution in [-0.2, 0) is 11.3 Å². The van der Waals surface area contributed by atoms with Gasteiger partial charge in [0.05, 0.1) is 42.8 Å². The Morgan fingerprint density at radius 2 is 1.93 bits per heavy atom. The van der Waals surface area contributed by atoms with E-state index in [0.29, 0.717) is 43.1 Å². The molecule has 3 aromatic rings. The van der Waals surface area contributed by atoms with Crippen LogP contribution in [0.25, 0.3) is 11.4 Å². The Bertz CT molecular complexity index is 939. The van der Waals surface area contributed by atoms with Gasteiger partial charge in [-0.05, 0) is 43.3 Å². The van der Waals surface area contributed by atoms with Gasteiger partial charge in [-0.15, -0.1) is 0 Å². The Labute approximate surface area is 174 Å².